The molecule has 0 spiro atoms. The lowest BCUT2D eigenvalue weighted by molar-refractivity contribution is -0.102. The van der Waals surface area contributed by atoms with Crippen LogP contribution in [0.2, 0.25) is 0 Å². The van der Waals surface area contributed by atoms with Gasteiger partial charge in [0.15, 0.2) is 0 Å². The van der Waals surface area contributed by atoms with E-state index in [-0.39, 0.29) is 5.41 Å². The number of aliphatic hydroxyl groups is 1. The molecule has 3 nitrogen and oxygen atoms in total. The van der Waals surface area contributed by atoms with Crippen LogP contribution in [0.5, 0.6) is 0 Å². The smallest absolute Gasteiger partial charge is 0.423 e. The molecular weight excluding hydrogens is 359 g/mol. The van der Waals surface area contributed by atoms with Gasteiger partial charge in [0.2, 0.25) is 0 Å². The van der Waals surface area contributed by atoms with Crippen LogP contribution in [0.3, 0.4) is 0 Å². The molecule has 4 heteroatoms. The fraction of sp³-hybridized carbons (Fsp3) is 0.520. The number of aryl methyl sites for hydroxylation is 1. The van der Waals surface area contributed by atoms with Crippen LogP contribution in [-0.2, 0) is 12.8 Å². The molecule has 3 N–H and O–H groups in total. The Balaban J connectivity index is 1.43. The number of fused-ring (bicyclic) bond motifs is 5. The fourth-order valence-electron chi connectivity index (χ4n) is 7.10. The predicted octanol–water partition coefficient (Wildman–Crippen LogP) is 3.20. The number of rotatable bonds is 3. The second-order valence-electron chi connectivity index (χ2n) is 9.94. The summed E-state index contributed by atoms with van der Waals surface area (Å²) in [5.41, 5.74) is 3.89. The van der Waals surface area contributed by atoms with Gasteiger partial charge in [-0.1, -0.05) is 55.5 Å². The maximum Gasteiger partial charge on any atom is 0.488 e. The zero-order valence-electron chi connectivity index (χ0n) is 17.2. The van der Waals surface area contributed by atoms with Crippen LogP contribution in [0.15, 0.2) is 48.5 Å². The summed E-state index contributed by atoms with van der Waals surface area (Å²) in [6, 6.07) is 16.5. The molecule has 2 saturated carbocycles. The molecule has 0 saturated heterocycles. The second-order valence-corrected chi connectivity index (χ2v) is 9.94. The lowest BCUT2D eigenvalue weighted by Crippen LogP contribution is -2.52. The summed E-state index contributed by atoms with van der Waals surface area (Å²) in [7, 11) is -1.39. The van der Waals surface area contributed by atoms with Crippen LogP contribution in [0.25, 0.3) is 0 Å². The first-order valence-corrected chi connectivity index (χ1v) is 11.2. The van der Waals surface area contributed by atoms with Gasteiger partial charge in [-0.05, 0) is 83.8 Å². The monoisotopic (exact) mass is 390 g/mol. The van der Waals surface area contributed by atoms with Gasteiger partial charge in [0.25, 0.3) is 0 Å². The molecule has 2 aromatic carbocycles. The van der Waals surface area contributed by atoms with E-state index < -0.39 is 12.7 Å². The van der Waals surface area contributed by atoms with E-state index in [1.165, 1.54) is 16.7 Å². The van der Waals surface area contributed by atoms with E-state index >= 15 is 0 Å². The van der Waals surface area contributed by atoms with E-state index in [1.54, 1.807) is 0 Å². The van der Waals surface area contributed by atoms with Gasteiger partial charge in [0.05, 0.1) is 5.60 Å². The van der Waals surface area contributed by atoms with Gasteiger partial charge < -0.3 is 15.2 Å². The average Bonchev–Trinajstić information content (AvgIpc) is 2.98. The first-order valence-electron chi connectivity index (χ1n) is 11.2. The molecule has 2 aromatic rings. The van der Waals surface area contributed by atoms with Gasteiger partial charge in [0, 0.05) is 6.42 Å². The van der Waals surface area contributed by atoms with Crippen molar-refractivity contribution in [3.63, 3.8) is 0 Å². The summed E-state index contributed by atoms with van der Waals surface area (Å²) >= 11 is 0. The van der Waals surface area contributed by atoms with Gasteiger partial charge in [-0.3, -0.25) is 0 Å². The zero-order valence-corrected chi connectivity index (χ0v) is 17.2. The van der Waals surface area contributed by atoms with Crippen molar-refractivity contribution < 1.29 is 15.2 Å². The Morgan fingerprint density at radius 3 is 2.55 bits per heavy atom. The Labute approximate surface area is 173 Å². The highest BCUT2D eigenvalue weighted by molar-refractivity contribution is 6.58. The summed E-state index contributed by atoms with van der Waals surface area (Å²) in [5, 5.41) is 30.9. The van der Waals surface area contributed by atoms with Crippen LogP contribution in [-0.4, -0.2) is 27.9 Å². The topological polar surface area (TPSA) is 60.7 Å². The van der Waals surface area contributed by atoms with Crippen LogP contribution in [0.4, 0.5) is 0 Å². The quantitative estimate of drug-likeness (QED) is 0.706. The lowest BCUT2D eigenvalue weighted by Gasteiger charge is -2.53. The Hall–Kier alpha value is -1.62. The van der Waals surface area contributed by atoms with Crippen molar-refractivity contribution in [2.45, 2.75) is 63.4 Å². The van der Waals surface area contributed by atoms with Gasteiger partial charge in [0.1, 0.15) is 0 Å². The number of hydrogen-bond donors (Lipinski definition) is 3. The molecule has 152 valence electrons. The predicted molar refractivity (Wildman–Crippen MR) is 116 cm³/mol. The third-order valence-electron chi connectivity index (χ3n) is 8.71. The third kappa shape index (κ3) is 2.99. The summed E-state index contributed by atoms with van der Waals surface area (Å²) in [5.74, 6) is 1.72. The maximum absolute atomic E-state index is 11.8. The third-order valence-corrected chi connectivity index (χ3v) is 8.71. The van der Waals surface area contributed by atoms with Gasteiger partial charge in [-0.15, -0.1) is 0 Å². The summed E-state index contributed by atoms with van der Waals surface area (Å²) in [6.45, 7) is 2.35. The molecule has 0 bridgehead atoms. The summed E-state index contributed by atoms with van der Waals surface area (Å²) < 4.78 is 0. The standard InChI is InChI=1S/C25H31BO3/c1-24-13-11-21-20-10-8-19(26(28)29)15-18(20)7-9-22(21)23(24)12-14-25(24,27)16-17-5-3-2-4-6-17/h2-6,8,10,15,21-23,27-29H,7,9,11-14,16H2,1H3/t21-,22-,23+,24+,25-/m1/s1. The Bertz CT molecular complexity index is 898. The van der Waals surface area contributed by atoms with Crippen molar-refractivity contribution in [3.8, 4) is 0 Å². The van der Waals surface area contributed by atoms with Crippen molar-refractivity contribution in [3.05, 3.63) is 65.2 Å². The van der Waals surface area contributed by atoms with Crippen molar-refractivity contribution >= 4 is 12.6 Å². The molecule has 5 atom stereocenters. The zero-order chi connectivity index (χ0) is 20.2. The summed E-state index contributed by atoms with van der Waals surface area (Å²) in [4.78, 5) is 0. The number of hydrogen-bond acceptors (Lipinski definition) is 3. The van der Waals surface area contributed by atoms with E-state index in [2.05, 4.69) is 37.3 Å². The lowest BCUT2D eigenvalue weighted by atomic mass is 9.52. The maximum atomic E-state index is 11.8. The minimum Gasteiger partial charge on any atom is -0.423 e. The SMILES string of the molecule is C[C@]12CC[C@@H]3c4ccc(B(O)O)cc4CC[C@H]3[C@@H]1CC[C@@]2(O)Cc1ccccc1. The average molecular weight is 390 g/mol. The first kappa shape index (κ1) is 19.4. The van der Waals surface area contributed by atoms with E-state index in [0.29, 0.717) is 23.2 Å². The highest BCUT2D eigenvalue weighted by Crippen LogP contribution is 2.64. The minimum atomic E-state index is -1.39. The molecule has 0 aliphatic heterocycles. The molecule has 3 aliphatic carbocycles. The summed E-state index contributed by atoms with van der Waals surface area (Å²) in [6.07, 6.45) is 7.09. The molecule has 3 aliphatic rings. The minimum absolute atomic E-state index is 0.0251. The van der Waals surface area contributed by atoms with Gasteiger partial charge >= 0.3 is 7.12 Å². The Kier molecular flexibility index (Phi) is 4.65. The van der Waals surface area contributed by atoms with Crippen LogP contribution in [0, 0.1) is 17.3 Å². The van der Waals surface area contributed by atoms with Crippen molar-refractivity contribution in [1.29, 1.82) is 0 Å². The molecule has 0 amide bonds. The van der Waals surface area contributed by atoms with Gasteiger partial charge in [-0.25, -0.2) is 0 Å². The Morgan fingerprint density at radius 1 is 1.00 bits per heavy atom. The van der Waals surface area contributed by atoms with E-state index in [4.69, 9.17) is 0 Å². The molecule has 0 aromatic heterocycles. The normalized spacial score (nSPS) is 35.5. The van der Waals surface area contributed by atoms with Crippen molar-refractivity contribution in [2.24, 2.45) is 17.3 Å². The van der Waals surface area contributed by atoms with Crippen LogP contribution >= 0.6 is 0 Å². The van der Waals surface area contributed by atoms with Crippen molar-refractivity contribution in [1.82, 2.24) is 0 Å². The Morgan fingerprint density at radius 2 is 1.79 bits per heavy atom. The van der Waals surface area contributed by atoms with Crippen LogP contribution < -0.4 is 5.46 Å². The van der Waals surface area contributed by atoms with Crippen LogP contribution in [0.1, 0.15) is 61.6 Å². The largest absolute Gasteiger partial charge is 0.488 e. The first-order chi connectivity index (χ1) is 13.9. The second kappa shape index (κ2) is 6.97. The van der Waals surface area contributed by atoms with E-state index in [0.717, 1.165) is 44.9 Å². The molecule has 2 fully saturated rings. The molecule has 0 heterocycles. The molecule has 29 heavy (non-hydrogen) atoms. The molecule has 0 radical (unpaired) electrons. The van der Waals surface area contributed by atoms with E-state index in [9.17, 15) is 15.2 Å². The highest BCUT2D eigenvalue weighted by Gasteiger charge is 2.61. The van der Waals surface area contributed by atoms with E-state index in [1.807, 2.05) is 18.2 Å². The van der Waals surface area contributed by atoms with Gasteiger partial charge in [-0.2, -0.15) is 0 Å². The van der Waals surface area contributed by atoms with Crippen molar-refractivity contribution in [2.75, 3.05) is 0 Å². The molecule has 0 unspecified atom stereocenters. The number of benzene rings is 2. The molecule has 5 rings (SSSR count). The highest BCUT2D eigenvalue weighted by atomic mass is 16.4. The molecular formula is C25H31BO3. The fourth-order valence-corrected chi connectivity index (χ4v) is 7.10.